The third-order valence-electron chi connectivity index (χ3n) is 6.57. The lowest BCUT2D eigenvalue weighted by Gasteiger charge is -2.13. The molecular formula is C30H21F3IN9O. The van der Waals surface area contributed by atoms with Crippen molar-refractivity contribution in [3.63, 3.8) is 0 Å². The second kappa shape index (κ2) is 11.5. The van der Waals surface area contributed by atoms with Crippen molar-refractivity contribution in [2.45, 2.75) is 13.1 Å². The fraction of sp³-hybridized carbons (Fsp3) is 0.100. The molecule has 1 amide bonds. The van der Waals surface area contributed by atoms with Crippen molar-refractivity contribution in [1.82, 2.24) is 33.7 Å². The van der Waals surface area contributed by atoms with Crippen LogP contribution in [0.15, 0.2) is 79.9 Å². The Hall–Kier alpha value is -5.17. The Kier molecular flexibility index (Phi) is 7.55. The quantitative estimate of drug-likeness (QED) is 0.169. The molecule has 2 N–H and O–H groups in total. The number of hydrogen-bond acceptors (Lipinski definition) is 6. The van der Waals surface area contributed by atoms with Gasteiger partial charge in [-0.25, -0.2) is 15.0 Å². The van der Waals surface area contributed by atoms with Crippen molar-refractivity contribution >= 4 is 51.3 Å². The molecule has 0 saturated carbocycles. The molecule has 0 unspecified atom stereocenters. The number of halogens is 4. The van der Waals surface area contributed by atoms with Crippen LogP contribution in [0.25, 0.3) is 11.3 Å². The number of carbonyl (C=O) groups is 1. The van der Waals surface area contributed by atoms with Crippen LogP contribution in [0.5, 0.6) is 0 Å². The van der Waals surface area contributed by atoms with Crippen LogP contribution in [0.3, 0.4) is 0 Å². The van der Waals surface area contributed by atoms with Gasteiger partial charge in [0.2, 0.25) is 0 Å². The van der Waals surface area contributed by atoms with Crippen molar-refractivity contribution in [2.75, 3.05) is 10.6 Å². The zero-order valence-corrected chi connectivity index (χ0v) is 25.2. The van der Waals surface area contributed by atoms with Crippen LogP contribution < -0.4 is 10.6 Å². The van der Waals surface area contributed by atoms with Gasteiger partial charge in [0.15, 0.2) is 11.5 Å². The van der Waals surface area contributed by atoms with E-state index in [9.17, 15) is 18.0 Å². The highest BCUT2D eigenvalue weighted by atomic mass is 127. The molecule has 4 aromatic heterocycles. The molecule has 4 heterocycles. The van der Waals surface area contributed by atoms with Crippen LogP contribution in [0.2, 0.25) is 0 Å². The summed E-state index contributed by atoms with van der Waals surface area (Å²) in [5.74, 6) is 6.08. The lowest BCUT2D eigenvalue weighted by atomic mass is 10.1. The molecule has 6 rings (SSSR count). The van der Waals surface area contributed by atoms with E-state index in [0.29, 0.717) is 32.1 Å². The van der Waals surface area contributed by atoms with Gasteiger partial charge in [-0.15, -0.1) is 0 Å². The molecular weight excluding hydrogens is 686 g/mol. The average Bonchev–Trinajstić information content (AvgIpc) is 3.73. The maximum Gasteiger partial charge on any atom is 0.416 e. The van der Waals surface area contributed by atoms with Crippen LogP contribution in [0.1, 0.15) is 32.7 Å². The minimum absolute atomic E-state index is 0.151. The summed E-state index contributed by atoms with van der Waals surface area (Å²) in [5, 5.41) is 10.0. The number of alkyl halides is 3. The Morgan fingerprint density at radius 2 is 1.84 bits per heavy atom. The van der Waals surface area contributed by atoms with Gasteiger partial charge in [0.1, 0.15) is 15.7 Å². The number of nitrogens with one attached hydrogen (secondary N) is 2. The summed E-state index contributed by atoms with van der Waals surface area (Å²) < 4.78 is 46.6. The van der Waals surface area contributed by atoms with Gasteiger partial charge in [-0.3, -0.25) is 13.9 Å². The lowest BCUT2D eigenvalue weighted by Crippen LogP contribution is -2.15. The molecule has 0 aliphatic rings. The Morgan fingerprint density at radius 1 is 1.00 bits per heavy atom. The zero-order chi connectivity index (χ0) is 31.0. The Balaban J connectivity index is 1.26. The van der Waals surface area contributed by atoms with Crippen LogP contribution >= 0.6 is 22.6 Å². The van der Waals surface area contributed by atoms with Crippen LogP contribution in [0.4, 0.5) is 30.4 Å². The molecule has 0 atom stereocenters. The molecule has 0 bridgehead atoms. The smallest absolute Gasteiger partial charge is 0.335 e. The number of anilines is 3. The number of fused-ring (bicyclic) bond motifs is 1. The Morgan fingerprint density at radius 3 is 2.57 bits per heavy atom. The first kappa shape index (κ1) is 28.9. The normalized spacial score (nSPS) is 11.3. The maximum atomic E-state index is 13.7. The van der Waals surface area contributed by atoms with E-state index in [1.54, 1.807) is 58.3 Å². The van der Waals surface area contributed by atoms with E-state index in [1.807, 2.05) is 42.8 Å². The average molecular weight is 707 g/mol. The summed E-state index contributed by atoms with van der Waals surface area (Å²) in [5.41, 5.74) is 2.86. The lowest BCUT2D eigenvalue weighted by molar-refractivity contribution is -0.137. The van der Waals surface area contributed by atoms with E-state index < -0.39 is 17.6 Å². The minimum atomic E-state index is -4.64. The number of hydrogen-bond donors (Lipinski definition) is 2. The van der Waals surface area contributed by atoms with Gasteiger partial charge in [0.05, 0.1) is 23.6 Å². The third-order valence-corrected chi connectivity index (χ3v) is 7.13. The molecule has 0 aliphatic heterocycles. The number of aromatic nitrogens is 7. The van der Waals surface area contributed by atoms with Gasteiger partial charge >= 0.3 is 6.18 Å². The largest absolute Gasteiger partial charge is 0.416 e. The highest BCUT2D eigenvalue weighted by Gasteiger charge is 2.32. The first-order valence-electron chi connectivity index (χ1n) is 13.0. The van der Waals surface area contributed by atoms with Gasteiger partial charge in [0.25, 0.3) is 5.91 Å². The highest BCUT2D eigenvalue weighted by molar-refractivity contribution is 14.1. The molecule has 6 aromatic rings. The monoisotopic (exact) mass is 707 g/mol. The topological polar surface area (TPSA) is 107 Å². The third kappa shape index (κ3) is 6.13. The molecule has 0 saturated heterocycles. The fourth-order valence-electron chi connectivity index (χ4n) is 4.39. The number of aryl methyl sites for hydroxylation is 2. The summed E-state index contributed by atoms with van der Waals surface area (Å²) in [6.07, 6.45) is 6.82. The standard InChI is InChI=1S/C30H21F3IN9O/c1-18-3-5-22(40-29(44)20-9-21(30(31,32)33)12-25(11-20)42-16-26(34)37-17-42)10-19(18)4-6-24-14-36-28-27(35-7-8-43(24)28)39-23-13-38-41(2)15-23/h3,5,7-17H,1-2H3,(H,35,39)(H,40,44). The summed E-state index contributed by atoms with van der Waals surface area (Å²) in [4.78, 5) is 26.1. The Bertz CT molecular complexity index is 2100. The van der Waals surface area contributed by atoms with Crippen molar-refractivity contribution in [2.24, 2.45) is 7.05 Å². The molecule has 10 nitrogen and oxygen atoms in total. The van der Waals surface area contributed by atoms with E-state index in [1.165, 1.54) is 17.0 Å². The molecule has 2 aromatic carbocycles. The van der Waals surface area contributed by atoms with E-state index in [0.717, 1.165) is 23.4 Å². The van der Waals surface area contributed by atoms with Crippen molar-refractivity contribution < 1.29 is 18.0 Å². The van der Waals surface area contributed by atoms with Gasteiger partial charge in [-0.1, -0.05) is 12.0 Å². The molecule has 0 spiro atoms. The van der Waals surface area contributed by atoms with E-state index >= 15 is 0 Å². The fourth-order valence-corrected chi connectivity index (χ4v) is 4.81. The number of imidazole rings is 2. The SMILES string of the molecule is Cc1ccc(NC(=O)c2cc(-n3cnc(I)c3)cc(C(F)(F)F)c2)cc1C#Cc1cnc2c(Nc3cnn(C)c3)nccn12. The van der Waals surface area contributed by atoms with Crippen LogP contribution in [-0.4, -0.2) is 39.6 Å². The van der Waals surface area contributed by atoms with E-state index in [2.05, 4.69) is 42.5 Å². The van der Waals surface area contributed by atoms with Crippen molar-refractivity contribution in [3.8, 4) is 17.5 Å². The first-order valence-corrected chi connectivity index (χ1v) is 14.1. The minimum Gasteiger partial charge on any atom is -0.335 e. The van der Waals surface area contributed by atoms with Gasteiger partial charge in [-0.05, 0) is 71.3 Å². The van der Waals surface area contributed by atoms with Crippen molar-refractivity contribution in [3.05, 3.63) is 112 Å². The zero-order valence-electron chi connectivity index (χ0n) is 23.1. The predicted molar refractivity (Wildman–Crippen MR) is 166 cm³/mol. The molecule has 14 heteroatoms. The maximum absolute atomic E-state index is 13.7. The summed E-state index contributed by atoms with van der Waals surface area (Å²) in [6.45, 7) is 1.87. The van der Waals surface area contributed by atoms with Crippen molar-refractivity contribution in [1.29, 1.82) is 0 Å². The number of amides is 1. The second-order valence-electron chi connectivity index (χ2n) is 9.74. The highest BCUT2D eigenvalue weighted by Crippen LogP contribution is 2.32. The number of carbonyl (C=O) groups excluding carboxylic acids is 1. The molecule has 0 radical (unpaired) electrons. The summed E-state index contributed by atoms with van der Waals surface area (Å²) in [7, 11) is 1.81. The van der Waals surface area contributed by atoms with Crippen LogP contribution in [0, 0.1) is 22.5 Å². The first-order chi connectivity index (χ1) is 21.0. The van der Waals surface area contributed by atoms with E-state index in [-0.39, 0.29) is 11.3 Å². The van der Waals surface area contributed by atoms with Gasteiger partial charge in [0, 0.05) is 54.3 Å². The second-order valence-corrected chi connectivity index (χ2v) is 10.8. The summed E-state index contributed by atoms with van der Waals surface area (Å²) in [6, 6.07) is 8.30. The predicted octanol–water partition coefficient (Wildman–Crippen LogP) is 5.98. The molecule has 220 valence electrons. The van der Waals surface area contributed by atoms with Crippen LogP contribution in [-0.2, 0) is 13.2 Å². The Labute approximate surface area is 262 Å². The number of benzene rings is 2. The molecule has 0 fully saturated rings. The number of rotatable bonds is 5. The molecule has 0 aliphatic carbocycles. The van der Waals surface area contributed by atoms with Gasteiger partial charge in [-0.2, -0.15) is 18.3 Å². The van der Waals surface area contributed by atoms with Gasteiger partial charge < -0.3 is 15.2 Å². The number of nitrogens with zero attached hydrogens (tertiary/aromatic N) is 7. The summed E-state index contributed by atoms with van der Waals surface area (Å²) >= 11 is 1.96. The van der Waals surface area contributed by atoms with E-state index in [4.69, 9.17) is 0 Å². The molecule has 44 heavy (non-hydrogen) atoms.